The normalized spacial score (nSPS) is 13.4. The zero-order valence-electron chi connectivity index (χ0n) is 15.3. The van der Waals surface area contributed by atoms with Crippen molar-refractivity contribution in [3.63, 3.8) is 0 Å². The molecule has 2 aromatic rings. The first-order chi connectivity index (χ1) is 13.1. The van der Waals surface area contributed by atoms with Gasteiger partial charge in [0.15, 0.2) is 9.84 Å². The Hall–Kier alpha value is -1.90. The van der Waals surface area contributed by atoms with Crippen LogP contribution in [0.15, 0.2) is 39.7 Å². The van der Waals surface area contributed by atoms with E-state index in [0.717, 1.165) is 11.1 Å². The van der Waals surface area contributed by atoms with E-state index in [4.69, 9.17) is 11.6 Å². The van der Waals surface area contributed by atoms with Gasteiger partial charge in [-0.15, -0.1) is 0 Å². The van der Waals surface area contributed by atoms with Gasteiger partial charge < -0.3 is 10.2 Å². The molecule has 28 heavy (non-hydrogen) atoms. The highest BCUT2D eigenvalue weighted by molar-refractivity contribution is 9.10. The van der Waals surface area contributed by atoms with Crippen molar-refractivity contribution in [1.82, 2.24) is 0 Å². The van der Waals surface area contributed by atoms with Gasteiger partial charge in [-0.1, -0.05) is 33.6 Å². The Labute approximate surface area is 176 Å². The molecule has 6 nitrogen and oxygen atoms in total. The average Bonchev–Trinajstić information content (AvgIpc) is 3.00. The summed E-state index contributed by atoms with van der Waals surface area (Å²) in [5.74, 6) is -1.66. The predicted molar refractivity (Wildman–Crippen MR) is 113 cm³/mol. The molecule has 0 aromatic heterocycles. The lowest BCUT2D eigenvalue weighted by molar-refractivity contribution is -0.116. The van der Waals surface area contributed by atoms with Gasteiger partial charge in [-0.05, 0) is 48.7 Å². The molecule has 0 bridgehead atoms. The molecule has 0 saturated carbocycles. The zero-order chi connectivity index (χ0) is 20.6. The van der Waals surface area contributed by atoms with Gasteiger partial charge in [-0.25, -0.2) is 8.42 Å². The first-order valence-corrected chi connectivity index (χ1v) is 11.3. The first kappa shape index (κ1) is 20.8. The number of halogens is 2. The van der Waals surface area contributed by atoms with Crippen molar-refractivity contribution in [2.45, 2.75) is 25.2 Å². The fourth-order valence-corrected chi connectivity index (χ4v) is 5.43. The molecule has 0 spiro atoms. The van der Waals surface area contributed by atoms with Crippen molar-refractivity contribution in [2.24, 2.45) is 0 Å². The molecule has 1 heterocycles. The van der Waals surface area contributed by atoms with Crippen LogP contribution in [0.1, 0.15) is 18.1 Å². The summed E-state index contributed by atoms with van der Waals surface area (Å²) < 4.78 is 26.6. The van der Waals surface area contributed by atoms with E-state index >= 15 is 0 Å². The highest BCUT2D eigenvalue weighted by Crippen LogP contribution is 2.38. The van der Waals surface area contributed by atoms with Crippen LogP contribution in [0.3, 0.4) is 0 Å². The quantitative estimate of drug-likeness (QED) is 0.715. The van der Waals surface area contributed by atoms with Crippen LogP contribution in [-0.4, -0.2) is 32.5 Å². The SMILES string of the molecule is CC(=O)N1CCc2cc(Br)cc(S(=O)(=O)CC(=O)Nc3cc(Cl)ccc3C)c21. The molecule has 1 aliphatic heterocycles. The Morgan fingerprint density at radius 2 is 1.96 bits per heavy atom. The first-order valence-electron chi connectivity index (χ1n) is 8.48. The Bertz CT molecular complexity index is 1090. The standard InChI is InChI=1S/C19H18BrClN2O4S/c1-11-3-4-15(21)9-16(11)22-18(25)10-28(26,27)17-8-14(20)7-13-5-6-23(12(2)24)19(13)17/h3-4,7-9H,5-6,10H2,1-2H3,(H,22,25). The van der Waals surface area contributed by atoms with Crippen molar-refractivity contribution >= 4 is 60.6 Å². The Kier molecular flexibility index (Phi) is 5.84. The van der Waals surface area contributed by atoms with E-state index in [1.807, 2.05) is 0 Å². The number of fused-ring (bicyclic) bond motifs is 1. The minimum atomic E-state index is -3.99. The molecule has 0 aliphatic carbocycles. The van der Waals surface area contributed by atoms with Gasteiger partial charge >= 0.3 is 0 Å². The van der Waals surface area contributed by atoms with E-state index in [-0.39, 0.29) is 10.8 Å². The van der Waals surface area contributed by atoms with Crippen molar-refractivity contribution in [1.29, 1.82) is 0 Å². The molecule has 0 unspecified atom stereocenters. The maximum Gasteiger partial charge on any atom is 0.239 e. The molecule has 0 radical (unpaired) electrons. The van der Waals surface area contributed by atoms with Gasteiger partial charge in [0.1, 0.15) is 5.75 Å². The highest BCUT2D eigenvalue weighted by atomic mass is 79.9. The monoisotopic (exact) mass is 484 g/mol. The van der Waals surface area contributed by atoms with Crippen molar-refractivity contribution < 1.29 is 18.0 Å². The van der Waals surface area contributed by atoms with E-state index in [0.29, 0.717) is 33.8 Å². The molecule has 0 saturated heterocycles. The maximum absolute atomic E-state index is 13.0. The minimum absolute atomic E-state index is 0.0254. The molecule has 0 fully saturated rings. The van der Waals surface area contributed by atoms with Gasteiger partial charge in [-0.3, -0.25) is 9.59 Å². The number of nitrogens with zero attached hydrogens (tertiary/aromatic N) is 1. The Balaban J connectivity index is 1.93. The summed E-state index contributed by atoms with van der Waals surface area (Å²) in [5, 5.41) is 3.03. The number of sulfone groups is 1. The number of hydrogen-bond donors (Lipinski definition) is 1. The smallest absolute Gasteiger partial charge is 0.239 e. The van der Waals surface area contributed by atoms with Crippen LogP contribution in [0, 0.1) is 6.92 Å². The van der Waals surface area contributed by atoms with Crippen molar-refractivity contribution in [3.05, 3.63) is 51.0 Å². The topological polar surface area (TPSA) is 83.6 Å². The van der Waals surface area contributed by atoms with E-state index in [1.165, 1.54) is 17.9 Å². The number of anilines is 2. The van der Waals surface area contributed by atoms with Crippen LogP contribution >= 0.6 is 27.5 Å². The molecule has 0 atom stereocenters. The van der Waals surface area contributed by atoms with E-state index < -0.39 is 21.5 Å². The van der Waals surface area contributed by atoms with Gasteiger partial charge in [-0.2, -0.15) is 0 Å². The van der Waals surface area contributed by atoms with Crippen LogP contribution in [0.4, 0.5) is 11.4 Å². The average molecular weight is 486 g/mol. The lowest BCUT2D eigenvalue weighted by Gasteiger charge is -2.19. The van der Waals surface area contributed by atoms with Gasteiger partial charge in [0, 0.05) is 28.7 Å². The number of carbonyl (C=O) groups excluding carboxylic acids is 2. The van der Waals surface area contributed by atoms with Crippen LogP contribution in [0.25, 0.3) is 0 Å². The third kappa shape index (κ3) is 4.24. The lowest BCUT2D eigenvalue weighted by atomic mass is 10.2. The molecule has 148 valence electrons. The number of hydrogen-bond acceptors (Lipinski definition) is 4. The van der Waals surface area contributed by atoms with Gasteiger partial charge in [0.05, 0.1) is 10.6 Å². The molecule has 2 amide bonds. The summed E-state index contributed by atoms with van der Waals surface area (Å²) in [7, 11) is -3.99. The van der Waals surface area contributed by atoms with Crippen molar-refractivity contribution in [2.75, 3.05) is 22.5 Å². The van der Waals surface area contributed by atoms with Gasteiger partial charge in [0.25, 0.3) is 0 Å². The molecule has 9 heteroatoms. The summed E-state index contributed by atoms with van der Waals surface area (Å²) >= 11 is 9.26. The number of rotatable bonds is 4. The molecule has 3 rings (SSSR count). The fraction of sp³-hybridized carbons (Fsp3) is 0.263. The summed E-state index contributed by atoms with van der Waals surface area (Å²) in [6, 6.07) is 8.22. The van der Waals surface area contributed by atoms with E-state index in [1.54, 1.807) is 31.2 Å². The minimum Gasteiger partial charge on any atom is -0.325 e. The maximum atomic E-state index is 13.0. The molecule has 2 aromatic carbocycles. The molecule has 1 N–H and O–H groups in total. The number of nitrogens with one attached hydrogen (secondary N) is 1. The number of amides is 2. The summed E-state index contributed by atoms with van der Waals surface area (Å²) in [6.45, 7) is 3.59. The van der Waals surface area contributed by atoms with E-state index in [2.05, 4.69) is 21.2 Å². The molecule has 1 aliphatic rings. The molecular weight excluding hydrogens is 468 g/mol. The second kappa shape index (κ2) is 7.85. The predicted octanol–water partition coefficient (Wildman–Crippen LogP) is 3.73. The third-order valence-electron chi connectivity index (χ3n) is 4.50. The molecular formula is C19H18BrClN2O4S. The number of benzene rings is 2. The lowest BCUT2D eigenvalue weighted by Crippen LogP contribution is -2.29. The summed E-state index contributed by atoms with van der Waals surface area (Å²) in [6.07, 6.45) is 0.560. The van der Waals surface area contributed by atoms with Crippen molar-refractivity contribution in [3.8, 4) is 0 Å². The number of aryl methyl sites for hydroxylation is 1. The third-order valence-corrected chi connectivity index (χ3v) is 6.82. The Morgan fingerprint density at radius 1 is 1.25 bits per heavy atom. The largest absolute Gasteiger partial charge is 0.325 e. The Morgan fingerprint density at radius 3 is 2.64 bits per heavy atom. The zero-order valence-corrected chi connectivity index (χ0v) is 18.4. The van der Waals surface area contributed by atoms with Crippen LogP contribution in [0.2, 0.25) is 5.02 Å². The van der Waals surface area contributed by atoms with Crippen LogP contribution in [-0.2, 0) is 25.8 Å². The number of carbonyl (C=O) groups is 2. The highest BCUT2D eigenvalue weighted by Gasteiger charge is 2.32. The van der Waals surface area contributed by atoms with Gasteiger partial charge in [0.2, 0.25) is 11.8 Å². The summed E-state index contributed by atoms with van der Waals surface area (Å²) in [5.41, 5.74) is 2.34. The summed E-state index contributed by atoms with van der Waals surface area (Å²) in [4.78, 5) is 25.8. The van der Waals surface area contributed by atoms with Crippen LogP contribution in [0.5, 0.6) is 0 Å². The fourth-order valence-electron chi connectivity index (χ4n) is 3.19. The second-order valence-electron chi connectivity index (χ2n) is 6.60. The van der Waals surface area contributed by atoms with E-state index in [9.17, 15) is 18.0 Å². The second-order valence-corrected chi connectivity index (χ2v) is 9.91. The van der Waals surface area contributed by atoms with Crippen LogP contribution < -0.4 is 10.2 Å².